The molecule has 0 aromatic carbocycles. The van der Waals surface area contributed by atoms with E-state index in [1.807, 2.05) is 0 Å². The van der Waals surface area contributed by atoms with Crippen molar-refractivity contribution in [2.45, 2.75) is 26.4 Å². The summed E-state index contributed by atoms with van der Waals surface area (Å²) >= 11 is 1.42. The lowest BCUT2D eigenvalue weighted by Gasteiger charge is -2.30. The van der Waals surface area contributed by atoms with Crippen LogP contribution < -0.4 is 5.32 Å². The SMILES string of the molecule is CCCNc1nc(C2CN(CC)CCO2)ns1. The van der Waals surface area contributed by atoms with Gasteiger partial charge in [-0.05, 0) is 13.0 Å². The Morgan fingerprint density at radius 1 is 1.53 bits per heavy atom. The zero-order valence-electron chi connectivity index (χ0n) is 10.5. The summed E-state index contributed by atoms with van der Waals surface area (Å²) in [5, 5.41) is 4.16. The van der Waals surface area contributed by atoms with E-state index in [1.54, 1.807) is 0 Å². The van der Waals surface area contributed by atoms with Crippen LogP contribution in [0.15, 0.2) is 0 Å². The van der Waals surface area contributed by atoms with Crippen LogP contribution in [0.25, 0.3) is 0 Å². The predicted octanol–water partition coefficient (Wildman–Crippen LogP) is 1.75. The van der Waals surface area contributed by atoms with Crippen molar-refractivity contribution in [3.8, 4) is 0 Å². The summed E-state index contributed by atoms with van der Waals surface area (Å²) in [5.74, 6) is 0.826. The molecule has 1 N–H and O–H groups in total. The second-order valence-corrected chi connectivity index (χ2v) is 4.89. The van der Waals surface area contributed by atoms with E-state index in [2.05, 4.69) is 33.4 Å². The first-order valence-corrected chi connectivity index (χ1v) is 7.02. The Morgan fingerprint density at radius 3 is 3.18 bits per heavy atom. The molecule has 1 saturated heterocycles. The number of rotatable bonds is 5. The average molecular weight is 256 g/mol. The zero-order chi connectivity index (χ0) is 12.1. The van der Waals surface area contributed by atoms with E-state index in [-0.39, 0.29) is 6.10 Å². The molecule has 0 bridgehead atoms. The third kappa shape index (κ3) is 3.37. The standard InChI is InChI=1S/C11H20N4OS/c1-3-5-12-11-13-10(14-17-11)9-8-15(4-2)6-7-16-9/h9H,3-8H2,1-2H3,(H,12,13,14). The molecule has 0 radical (unpaired) electrons. The second-order valence-electron chi connectivity index (χ2n) is 4.14. The van der Waals surface area contributed by atoms with Gasteiger partial charge in [0.2, 0.25) is 5.13 Å². The van der Waals surface area contributed by atoms with Crippen molar-refractivity contribution in [2.75, 3.05) is 38.1 Å². The first kappa shape index (κ1) is 12.7. The van der Waals surface area contributed by atoms with Crippen molar-refractivity contribution in [2.24, 2.45) is 0 Å². The normalized spacial score (nSPS) is 21.6. The topological polar surface area (TPSA) is 50.3 Å². The van der Waals surface area contributed by atoms with Gasteiger partial charge in [-0.1, -0.05) is 13.8 Å². The van der Waals surface area contributed by atoms with Crippen molar-refractivity contribution >= 4 is 16.7 Å². The number of nitrogens with zero attached hydrogens (tertiary/aromatic N) is 3. The molecule has 0 spiro atoms. The van der Waals surface area contributed by atoms with Crippen LogP contribution in [0.5, 0.6) is 0 Å². The van der Waals surface area contributed by atoms with E-state index in [0.29, 0.717) is 0 Å². The van der Waals surface area contributed by atoms with E-state index in [0.717, 1.165) is 50.2 Å². The minimum atomic E-state index is 0.0390. The Bertz CT molecular complexity index is 344. The largest absolute Gasteiger partial charge is 0.367 e. The fraction of sp³-hybridized carbons (Fsp3) is 0.818. The van der Waals surface area contributed by atoms with Gasteiger partial charge < -0.3 is 10.1 Å². The second kappa shape index (κ2) is 6.28. The summed E-state index contributed by atoms with van der Waals surface area (Å²) in [7, 11) is 0. The first-order chi connectivity index (χ1) is 8.33. The Morgan fingerprint density at radius 2 is 2.41 bits per heavy atom. The fourth-order valence-electron chi connectivity index (χ4n) is 1.82. The maximum Gasteiger partial charge on any atom is 0.202 e. The van der Waals surface area contributed by atoms with Crippen LogP contribution in [0.1, 0.15) is 32.2 Å². The molecule has 96 valence electrons. The van der Waals surface area contributed by atoms with Gasteiger partial charge in [0.15, 0.2) is 5.82 Å². The number of hydrogen-bond acceptors (Lipinski definition) is 6. The predicted molar refractivity (Wildman–Crippen MR) is 69.5 cm³/mol. The van der Waals surface area contributed by atoms with E-state index >= 15 is 0 Å². The molecule has 5 nitrogen and oxygen atoms in total. The smallest absolute Gasteiger partial charge is 0.202 e. The molecule has 1 aromatic rings. The zero-order valence-corrected chi connectivity index (χ0v) is 11.3. The Kier molecular flexibility index (Phi) is 4.70. The lowest BCUT2D eigenvalue weighted by Crippen LogP contribution is -2.38. The van der Waals surface area contributed by atoms with Gasteiger partial charge in [0.05, 0.1) is 6.61 Å². The average Bonchev–Trinajstić information content (AvgIpc) is 2.85. The van der Waals surface area contributed by atoms with Crippen LogP contribution in [-0.4, -0.2) is 47.0 Å². The molecule has 1 aliphatic rings. The van der Waals surface area contributed by atoms with Crippen LogP contribution in [0.4, 0.5) is 5.13 Å². The van der Waals surface area contributed by atoms with Gasteiger partial charge in [-0.2, -0.15) is 4.37 Å². The quantitative estimate of drug-likeness (QED) is 0.870. The first-order valence-electron chi connectivity index (χ1n) is 6.25. The molecule has 17 heavy (non-hydrogen) atoms. The van der Waals surface area contributed by atoms with Gasteiger partial charge in [0, 0.05) is 31.2 Å². The van der Waals surface area contributed by atoms with E-state index < -0.39 is 0 Å². The van der Waals surface area contributed by atoms with Crippen molar-refractivity contribution < 1.29 is 4.74 Å². The maximum absolute atomic E-state index is 5.73. The molecule has 1 aliphatic heterocycles. The Labute approximate surface area is 106 Å². The molecule has 6 heteroatoms. The minimum absolute atomic E-state index is 0.0390. The van der Waals surface area contributed by atoms with Gasteiger partial charge in [-0.15, -0.1) is 0 Å². The molecule has 2 heterocycles. The number of aromatic nitrogens is 2. The van der Waals surface area contributed by atoms with Crippen molar-refractivity contribution in [3.05, 3.63) is 5.82 Å². The summed E-state index contributed by atoms with van der Waals surface area (Å²) in [6.45, 7) is 9.00. The number of likely N-dealkylation sites (N-methyl/N-ethyl adjacent to an activating group) is 1. The third-order valence-electron chi connectivity index (χ3n) is 2.85. The maximum atomic E-state index is 5.73. The molecule has 2 rings (SSSR count). The van der Waals surface area contributed by atoms with Gasteiger partial charge in [0.25, 0.3) is 0 Å². The van der Waals surface area contributed by atoms with Crippen molar-refractivity contribution in [3.63, 3.8) is 0 Å². The van der Waals surface area contributed by atoms with Gasteiger partial charge >= 0.3 is 0 Å². The lowest BCUT2D eigenvalue weighted by molar-refractivity contribution is -0.0319. The summed E-state index contributed by atoms with van der Waals surface area (Å²) in [6.07, 6.45) is 1.13. The molecule has 1 fully saturated rings. The monoisotopic (exact) mass is 256 g/mol. The molecule has 0 amide bonds. The molecule has 0 aliphatic carbocycles. The highest BCUT2D eigenvalue weighted by atomic mass is 32.1. The number of ether oxygens (including phenoxy) is 1. The van der Waals surface area contributed by atoms with Gasteiger partial charge in [-0.25, -0.2) is 4.98 Å². The summed E-state index contributed by atoms with van der Waals surface area (Å²) in [6, 6.07) is 0. The van der Waals surface area contributed by atoms with E-state index in [1.165, 1.54) is 11.5 Å². The highest BCUT2D eigenvalue weighted by molar-refractivity contribution is 7.09. The summed E-state index contributed by atoms with van der Waals surface area (Å²) < 4.78 is 10.1. The van der Waals surface area contributed by atoms with Gasteiger partial charge in [0.1, 0.15) is 6.10 Å². The van der Waals surface area contributed by atoms with Crippen molar-refractivity contribution in [1.29, 1.82) is 0 Å². The molecule has 0 saturated carbocycles. The fourth-order valence-corrected chi connectivity index (χ4v) is 2.45. The van der Waals surface area contributed by atoms with Gasteiger partial charge in [-0.3, -0.25) is 4.90 Å². The minimum Gasteiger partial charge on any atom is -0.367 e. The van der Waals surface area contributed by atoms with Crippen LogP contribution in [0.3, 0.4) is 0 Å². The number of anilines is 1. The highest BCUT2D eigenvalue weighted by Crippen LogP contribution is 2.22. The van der Waals surface area contributed by atoms with Crippen molar-refractivity contribution in [1.82, 2.24) is 14.3 Å². The number of hydrogen-bond donors (Lipinski definition) is 1. The highest BCUT2D eigenvalue weighted by Gasteiger charge is 2.24. The molecular weight excluding hydrogens is 236 g/mol. The van der Waals surface area contributed by atoms with Crippen LogP contribution in [0.2, 0.25) is 0 Å². The number of nitrogens with one attached hydrogen (secondary N) is 1. The lowest BCUT2D eigenvalue weighted by atomic mass is 10.2. The molecule has 1 aromatic heterocycles. The van der Waals surface area contributed by atoms with Crippen LogP contribution in [0, 0.1) is 0 Å². The van der Waals surface area contributed by atoms with Crippen LogP contribution in [-0.2, 0) is 4.74 Å². The Balaban J connectivity index is 1.94. The summed E-state index contributed by atoms with van der Waals surface area (Å²) in [5.41, 5.74) is 0. The third-order valence-corrected chi connectivity index (χ3v) is 3.54. The molecule has 1 atom stereocenters. The molecule has 1 unspecified atom stereocenters. The Hall–Kier alpha value is -0.720. The van der Waals surface area contributed by atoms with E-state index in [9.17, 15) is 0 Å². The van der Waals surface area contributed by atoms with Crippen LogP contribution >= 0.6 is 11.5 Å². The number of morpholine rings is 1. The summed E-state index contributed by atoms with van der Waals surface area (Å²) in [4.78, 5) is 6.85. The molecular formula is C11H20N4OS. The van der Waals surface area contributed by atoms with E-state index in [4.69, 9.17) is 4.74 Å².